The molecule has 0 bridgehead atoms. The van der Waals surface area contributed by atoms with E-state index in [9.17, 15) is 0 Å². The predicted molar refractivity (Wildman–Crippen MR) is 106 cm³/mol. The van der Waals surface area contributed by atoms with Gasteiger partial charge in [-0.15, -0.1) is 0 Å². The van der Waals surface area contributed by atoms with Crippen molar-refractivity contribution in [1.82, 2.24) is 19.6 Å². The van der Waals surface area contributed by atoms with E-state index < -0.39 is 0 Å². The van der Waals surface area contributed by atoms with Crippen molar-refractivity contribution < 1.29 is 0 Å². The van der Waals surface area contributed by atoms with Crippen molar-refractivity contribution >= 4 is 16.4 Å². The monoisotopic (exact) mass is 351 g/mol. The molecule has 5 heteroatoms. The number of fused-ring (bicyclic) bond motifs is 2. The topological polar surface area (TPSA) is 69.1 Å². The maximum absolute atomic E-state index is 6.42. The van der Waals surface area contributed by atoms with Crippen molar-refractivity contribution in [2.75, 3.05) is 0 Å². The number of aromatic nitrogens is 4. The molecule has 1 unspecified atom stereocenters. The zero-order valence-electron chi connectivity index (χ0n) is 14.5. The van der Waals surface area contributed by atoms with Crippen molar-refractivity contribution in [1.29, 1.82) is 0 Å². The maximum Gasteiger partial charge on any atom is 0.163 e. The smallest absolute Gasteiger partial charge is 0.163 e. The zero-order chi connectivity index (χ0) is 18.2. The lowest BCUT2D eigenvalue weighted by atomic mass is 10.00. The maximum atomic E-state index is 6.42. The van der Waals surface area contributed by atoms with Gasteiger partial charge in [-0.2, -0.15) is 5.10 Å². The molecule has 0 saturated carbocycles. The lowest BCUT2D eigenvalue weighted by Gasteiger charge is -2.12. The van der Waals surface area contributed by atoms with Crippen LogP contribution in [-0.2, 0) is 0 Å². The summed E-state index contributed by atoms with van der Waals surface area (Å²) in [5.41, 5.74) is 11.0. The summed E-state index contributed by atoms with van der Waals surface area (Å²) in [4.78, 5) is 9.00. The van der Waals surface area contributed by atoms with Crippen LogP contribution in [0.1, 0.15) is 17.3 Å². The fourth-order valence-electron chi connectivity index (χ4n) is 3.44. The van der Waals surface area contributed by atoms with Crippen molar-refractivity contribution in [2.45, 2.75) is 6.04 Å². The van der Waals surface area contributed by atoms with Crippen LogP contribution >= 0.6 is 0 Å². The molecule has 0 radical (unpaired) electrons. The first-order valence-electron chi connectivity index (χ1n) is 8.79. The van der Waals surface area contributed by atoms with Gasteiger partial charge >= 0.3 is 0 Å². The molecular weight excluding hydrogens is 334 g/mol. The number of nitrogens with zero attached hydrogens (tertiary/aromatic N) is 4. The summed E-state index contributed by atoms with van der Waals surface area (Å²) in [6, 6.07) is 20.0. The number of rotatable bonds is 3. The third kappa shape index (κ3) is 2.65. The summed E-state index contributed by atoms with van der Waals surface area (Å²) in [7, 11) is 0. The van der Waals surface area contributed by atoms with Crippen molar-refractivity contribution in [2.24, 2.45) is 5.73 Å². The number of hydrogen-bond donors (Lipinski definition) is 1. The van der Waals surface area contributed by atoms with Gasteiger partial charge < -0.3 is 5.73 Å². The van der Waals surface area contributed by atoms with Crippen LogP contribution in [0.4, 0.5) is 0 Å². The second-order valence-electron chi connectivity index (χ2n) is 6.47. The quantitative estimate of drug-likeness (QED) is 0.533. The average molecular weight is 351 g/mol. The Morgan fingerprint density at radius 1 is 0.852 bits per heavy atom. The summed E-state index contributed by atoms with van der Waals surface area (Å²) >= 11 is 0. The third-order valence-corrected chi connectivity index (χ3v) is 4.83. The molecule has 0 aliphatic heterocycles. The minimum atomic E-state index is -0.334. The van der Waals surface area contributed by atoms with Gasteiger partial charge in [0.15, 0.2) is 5.65 Å². The Bertz CT molecular complexity index is 1240. The Labute approximate surface area is 156 Å². The van der Waals surface area contributed by atoms with Crippen LogP contribution in [0.25, 0.3) is 27.5 Å². The molecule has 3 heterocycles. The van der Waals surface area contributed by atoms with Gasteiger partial charge in [-0.3, -0.25) is 4.98 Å². The number of pyridine rings is 1. The molecule has 0 aliphatic rings. The second kappa shape index (κ2) is 6.30. The summed E-state index contributed by atoms with van der Waals surface area (Å²) in [5, 5.41) is 6.85. The third-order valence-electron chi connectivity index (χ3n) is 4.83. The van der Waals surface area contributed by atoms with Gasteiger partial charge in [-0.1, -0.05) is 48.5 Å². The van der Waals surface area contributed by atoms with E-state index in [1.807, 2.05) is 36.7 Å². The van der Waals surface area contributed by atoms with Gasteiger partial charge in [0.1, 0.15) is 0 Å². The molecule has 27 heavy (non-hydrogen) atoms. The lowest BCUT2D eigenvalue weighted by Crippen LogP contribution is -2.14. The van der Waals surface area contributed by atoms with Crippen LogP contribution < -0.4 is 5.73 Å². The van der Waals surface area contributed by atoms with E-state index in [1.54, 1.807) is 16.9 Å². The molecule has 0 saturated heterocycles. The number of benzene rings is 2. The Kier molecular flexibility index (Phi) is 3.66. The zero-order valence-corrected chi connectivity index (χ0v) is 14.5. The highest BCUT2D eigenvalue weighted by Crippen LogP contribution is 2.31. The van der Waals surface area contributed by atoms with Gasteiger partial charge in [0, 0.05) is 24.2 Å². The van der Waals surface area contributed by atoms with Crippen LogP contribution in [0.2, 0.25) is 0 Å². The number of hydrogen-bond acceptors (Lipinski definition) is 4. The molecule has 2 aromatic carbocycles. The minimum Gasteiger partial charge on any atom is -0.319 e. The van der Waals surface area contributed by atoms with Crippen LogP contribution in [0.5, 0.6) is 0 Å². The molecule has 2 N–H and O–H groups in total. The average Bonchev–Trinajstić information content (AvgIpc) is 3.16. The first-order chi connectivity index (χ1) is 13.3. The normalized spacial score (nSPS) is 12.5. The predicted octanol–water partition coefficient (Wildman–Crippen LogP) is 3.99. The highest BCUT2D eigenvalue weighted by Gasteiger charge is 2.15. The summed E-state index contributed by atoms with van der Waals surface area (Å²) < 4.78 is 1.79. The molecule has 0 fully saturated rings. The Morgan fingerprint density at radius 2 is 1.74 bits per heavy atom. The Morgan fingerprint density at radius 3 is 2.63 bits per heavy atom. The van der Waals surface area contributed by atoms with E-state index in [4.69, 9.17) is 10.7 Å². The van der Waals surface area contributed by atoms with E-state index >= 15 is 0 Å². The molecule has 0 amide bonds. The molecule has 130 valence electrons. The van der Waals surface area contributed by atoms with E-state index in [1.165, 1.54) is 10.8 Å². The van der Waals surface area contributed by atoms with E-state index in [-0.39, 0.29) is 6.04 Å². The largest absolute Gasteiger partial charge is 0.319 e. The fourth-order valence-corrected chi connectivity index (χ4v) is 3.44. The molecule has 5 nitrogen and oxygen atoms in total. The van der Waals surface area contributed by atoms with Gasteiger partial charge in [-0.05, 0) is 34.0 Å². The van der Waals surface area contributed by atoms with E-state index in [2.05, 4.69) is 46.5 Å². The Balaban J connectivity index is 1.68. The SMILES string of the molecule is NC(c1cccnc1)c1ccn2ncc(-c3cccc4ccccc34)c2n1. The Hall–Kier alpha value is -3.57. The molecule has 5 aromatic rings. The summed E-state index contributed by atoms with van der Waals surface area (Å²) in [6.07, 6.45) is 7.28. The van der Waals surface area contributed by atoms with Gasteiger partial charge in [0.25, 0.3) is 0 Å². The summed E-state index contributed by atoms with van der Waals surface area (Å²) in [6.45, 7) is 0. The van der Waals surface area contributed by atoms with E-state index in [0.717, 1.165) is 28.0 Å². The number of nitrogens with two attached hydrogens (primary N) is 1. The highest BCUT2D eigenvalue weighted by atomic mass is 15.2. The molecular formula is C22H17N5. The molecule has 0 spiro atoms. The standard InChI is InChI=1S/C22H17N5/c23-21(16-7-4-11-24-13-16)20-10-12-27-22(26-20)19(14-25-27)18-9-3-6-15-5-1-2-8-17(15)18/h1-14,21H,23H2. The van der Waals surface area contributed by atoms with Crippen LogP contribution in [0.3, 0.4) is 0 Å². The van der Waals surface area contributed by atoms with Crippen molar-refractivity contribution in [3.63, 3.8) is 0 Å². The first kappa shape index (κ1) is 15.7. The minimum absolute atomic E-state index is 0.334. The van der Waals surface area contributed by atoms with Gasteiger partial charge in [0.2, 0.25) is 0 Å². The van der Waals surface area contributed by atoms with Crippen molar-refractivity contribution in [3.8, 4) is 11.1 Å². The molecule has 3 aromatic heterocycles. The second-order valence-corrected chi connectivity index (χ2v) is 6.47. The summed E-state index contributed by atoms with van der Waals surface area (Å²) in [5.74, 6) is 0. The van der Waals surface area contributed by atoms with Gasteiger partial charge in [-0.25, -0.2) is 9.50 Å². The van der Waals surface area contributed by atoms with E-state index in [0.29, 0.717) is 0 Å². The van der Waals surface area contributed by atoms with Crippen LogP contribution in [-0.4, -0.2) is 19.6 Å². The van der Waals surface area contributed by atoms with Crippen molar-refractivity contribution in [3.05, 3.63) is 96.7 Å². The lowest BCUT2D eigenvalue weighted by molar-refractivity contribution is 0.809. The fraction of sp³-hybridized carbons (Fsp3) is 0.0455. The first-order valence-corrected chi connectivity index (χ1v) is 8.79. The van der Waals surface area contributed by atoms with Crippen LogP contribution in [0, 0.1) is 0 Å². The van der Waals surface area contributed by atoms with Gasteiger partial charge in [0.05, 0.1) is 17.9 Å². The van der Waals surface area contributed by atoms with Crippen LogP contribution in [0.15, 0.2) is 85.5 Å². The molecule has 0 aliphatic carbocycles. The highest BCUT2D eigenvalue weighted by molar-refractivity contribution is 5.99. The molecule has 5 rings (SSSR count). The molecule has 1 atom stereocenters.